The van der Waals surface area contributed by atoms with Crippen molar-refractivity contribution in [2.24, 2.45) is 5.41 Å². The molecule has 0 saturated heterocycles. The third-order valence-corrected chi connectivity index (χ3v) is 4.83. The molecule has 3 nitrogen and oxygen atoms in total. The van der Waals surface area contributed by atoms with Gasteiger partial charge in [0.05, 0.1) is 11.6 Å². The lowest BCUT2D eigenvalue weighted by Crippen LogP contribution is -2.21. The summed E-state index contributed by atoms with van der Waals surface area (Å²) in [5.74, 6) is 0. The molecule has 0 spiro atoms. The van der Waals surface area contributed by atoms with Gasteiger partial charge in [-0.05, 0) is 49.9 Å². The van der Waals surface area contributed by atoms with Gasteiger partial charge in [0, 0.05) is 16.1 Å². The molecule has 0 N–H and O–H groups in total. The number of nitrogens with zero attached hydrogens (tertiary/aromatic N) is 2. The molecular weight excluding hydrogens is 380 g/mol. The molecule has 22 heavy (non-hydrogen) atoms. The highest BCUT2D eigenvalue weighted by atomic mass is 79.9. The van der Waals surface area contributed by atoms with E-state index in [1.165, 1.54) is 0 Å². The summed E-state index contributed by atoms with van der Waals surface area (Å²) in [6.45, 7) is 7.19. The van der Waals surface area contributed by atoms with Crippen molar-refractivity contribution in [3.05, 3.63) is 34.9 Å². The van der Waals surface area contributed by atoms with Gasteiger partial charge in [-0.2, -0.15) is 5.26 Å². The molecule has 0 amide bonds. The van der Waals surface area contributed by atoms with E-state index in [0.717, 1.165) is 27.1 Å². The first-order valence-electron chi connectivity index (χ1n) is 6.79. The third kappa shape index (κ3) is 4.19. The number of benzene rings is 1. The zero-order valence-electron chi connectivity index (χ0n) is 12.9. The van der Waals surface area contributed by atoms with Crippen LogP contribution in [0.1, 0.15) is 27.7 Å². The largest absolute Gasteiger partial charge is 0.302 e. The summed E-state index contributed by atoms with van der Waals surface area (Å²) in [4.78, 5) is 12.0. The number of thioether (sulfide) groups is 1. The Balaban J connectivity index is 0.00000116. The van der Waals surface area contributed by atoms with Gasteiger partial charge in [0.1, 0.15) is 5.41 Å². The van der Waals surface area contributed by atoms with Gasteiger partial charge in [-0.3, -0.25) is 4.79 Å². The second-order valence-electron chi connectivity index (χ2n) is 4.78. The van der Waals surface area contributed by atoms with Crippen LogP contribution in [0.3, 0.4) is 0 Å². The van der Waals surface area contributed by atoms with Gasteiger partial charge in [-0.1, -0.05) is 42.0 Å². The molecule has 2 aromatic rings. The summed E-state index contributed by atoms with van der Waals surface area (Å²) in [6.07, 6.45) is 1.83. The lowest BCUT2D eigenvalue weighted by molar-refractivity contribution is -0.115. The fourth-order valence-electron chi connectivity index (χ4n) is 1.57. The van der Waals surface area contributed by atoms with Crippen LogP contribution < -0.4 is 0 Å². The summed E-state index contributed by atoms with van der Waals surface area (Å²) in [5, 5.41) is 9.76. The molecule has 1 aromatic heterocycles. The molecule has 0 radical (unpaired) electrons. The average molecular weight is 397 g/mol. The van der Waals surface area contributed by atoms with E-state index in [9.17, 15) is 4.79 Å². The van der Waals surface area contributed by atoms with Crippen molar-refractivity contribution in [2.45, 2.75) is 27.7 Å². The summed E-state index contributed by atoms with van der Waals surface area (Å²) >= 11 is 9.66. The predicted octanol–water partition coefficient (Wildman–Crippen LogP) is 5.37. The molecule has 116 valence electrons. The number of rotatable bonds is 1. The van der Waals surface area contributed by atoms with Crippen LogP contribution in [0.5, 0.6) is 0 Å². The maximum Gasteiger partial charge on any atom is 0.215 e. The minimum absolute atomic E-state index is 0.246. The number of halogens is 1. The molecule has 0 fully saturated rings. The molecule has 0 aliphatic heterocycles. The molecule has 0 atom stereocenters. The van der Waals surface area contributed by atoms with Gasteiger partial charge in [0.25, 0.3) is 0 Å². The zero-order chi connectivity index (χ0) is 16.9. The van der Waals surface area contributed by atoms with Crippen LogP contribution in [0.15, 0.2) is 34.9 Å². The molecule has 1 heterocycles. The van der Waals surface area contributed by atoms with Crippen molar-refractivity contribution >= 4 is 60.2 Å². The average Bonchev–Trinajstić information content (AvgIpc) is 2.92. The van der Waals surface area contributed by atoms with E-state index in [0.29, 0.717) is 4.32 Å². The first-order valence-corrected chi connectivity index (χ1v) is 8.81. The van der Waals surface area contributed by atoms with E-state index >= 15 is 0 Å². The van der Waals surface area contributed by atoms with Crippen molar-refractivity contribution in [1.29, 1.82) is 5.26 Å². The van der Waals surface area contributed by atoms with Crippen molar-refractivity contribution < 1.29 is 4.79 Å². The van der Waals surface area contributed by atoms with E-state index in [-0.39, 0.29) is 5.12 Å². The molecule has 2 rings (SSSR count). The highest BCUT2D eigenvalue weighted by Gasteiger charge is 2.29. The Labute approximate surface area is 148 Å². The van der Waals surface area contributed by atoms with Gasteiger partial charge < -0.3 is 4.57 Å². The Hall–Kier alpha value is -1.16. The van der Waals surface area contributed by atoms with Crippen LogP contribution >= 0.6 is 39.9 Å². The van der Waals surface area contributed by atoms with E-state index in [1.807, 2.05) is 50.4 Å². The smallest absolute Gasteiger partial charge is 0.215 e. The van der Waals surface area contributed by atoms with Crippen LogP contribution in [0.2, 0.25) is 0 Å². The Morgan fingerprint density at radius 3 is 2.59 bits per heavy atom. The monoisotopic (exact) mass is 396 g/mol. The predicted molar refractivity (Wildman–Crippen MR) is 101 cm³/mol. The highest BCUT2D eigenvalue weighted by Crippen LogP contribution is 2.27. The van der Waals surface area contributed by atoms with Gasteiger partial charge >= 0.3 is 0 Å². The Morgan fingerprint density at radius 1 is 1.36 bits per heavy atom. The SMILES string of the molecule is CC.CC(C)(C#N)C(=O)SC(=S)n1ccc2cc(Br)ccc21. The molecule has 0 bridgehead atoms. The second kappa shape index (κ2) is 7.91. The zero-order valence-corrected chi connectivity index (χ0v) is 16.1. The Kier molecular flexibility index (Phi) is 6.79. The van der Waals surface area contributed by atoms with Crippen LogP contribution in [0, 0.1) is 16.7 Å². The van der Waals surface area contributed by atoms with Crippen LogP contribution in [0.4, 0.5) is 0 Å². The topological polar surface area (TPSA) is 45.8 Å². The molecule has 0 aliphatic carbocycles. The maximum atomic E-state index is 12.0. The molecule has 1 aromatic carbocycles. The van der Waals surface area contributed by atoms with Gasteiger partial charge in [-0.25, -0.2) is 0 Å². The van der Waals surface area contributed by atoms with Crippen molar-refractivity contribution in [2.75, 3.05) is 0 Å². The van der Waals surface area contributed by atoms with Crippen LogP contribution in [0.25, 0.3) is 10.9 Å². The molecule has 0 aliphatic rings. The number of hydrogen-bond donors (Lipinski definition) is 0. The van der Waals surface area contributed by atoms with Crippen molar-refractivity contribution in [3.63, 3.8) is 0 Å². The number of fused-ring (bicyclic) bond motifs is 1. The summed E-state index contributed by atoms with van der Waals surface area (Å²) in [6, 6.07) is 9.77. The van der Waals surface area contributed by atoms with Gasteiger partial charge in [0.15, 0.2) is 4.32 Å². The number of thiocarbonyl (C=S) groups is 1. The Bertz CT molecular complexity index is 744. The molecule has 0 saturated carbocycles. The second-order valence-corrected chi connectivity index (χ2v) is 7.30. The standard InChI is InChI=1S/C14H11BrN2OS2.C2H6/c1-14(2,8-16)12(18)20-13(19)17-6-5-9-7-10(15)3-4-11(9)17;1-2/h3-7H,1-2H3;1-2H3. The minimum atomic E-state index is -1.04. The highest BCUT2D eigenvalue weighted by molar-refractivity contribution is 9.10. The molecule has 6 heteroatoms. The van der Waals surface area contributed by atoms with Crippen molar-refractivity contribution in [1.82, 2.24) is 4.57 Å². The first kappa shape index (κ1) is 18.9. The summed E-state index contributed by atoms with van der Waals surface area (Å²) < 4.78 is 3.20. The number of aromatic nitrogens is 1. The molecular formula is C16H17BrN2OS2. The Morgan fingerprint density at radius 2 is 2.00 bits per heavy atom. The summed E-state index contributed by atoms with van der Waals surface area (Å²) in [5.41, 5.74) is -0.103. The first-order chi connectivity index (χ1) is 10.3. The van der Waals surface area contributed by atoms with Crippen LogP contribution in [-0.4, -0.2) is 14.0 Å². The van der Waals surface area contributed by atoms with E-state index in [4.69, 9.17) is 17.5 Å². The van der Waals surface area contributed by atoms with Gasteiger partial charge in [-0.15, -0.1) is 0 Å². The van der Waals surface area contributed by atoms with E-state index in [2.05, 4.69) is 15.9 Å². The fourth-order valence-corrected chi connectivity index (χ4v) is 3.06. The molecule has 0 unspecified atom stereocenters. The van der Waals surface area contributed by atoms with E-state index < -0.39 is 5.41 Å². The minimum Gasteiger partial charge on any atom is -0.302 e. The normalized spacial score (nSPS) is 10.5. The quantitative estimate of drug-likeness (QED) is 0.607. The number of hydrogen-bond acceptors (Lipinski definition) is 4. The third-order valence-electron chi connectivity index (χ3n) is 2.82. The lowest BCUT2D eigenvalue weighted by Gasteiger charge is -2.13. The number of carbonyl (C=O) groups is 1. The fraction of sp³-hybridized carbons (Fsp3) is 0.312. The van der Waals surface area contributed by atoms with Crippen molar-refractivity contribution in [3.8, 4) is 6.07 Å². The van der Waals surface area contributed by atoms with Crippen LogP contribution in [-0.2, 0) is 4.79 Å². The van der Waals surface area contributed by atoms with E-state index in [1.54, 1.807) is 18.4 Å². The lowest BCUT2D eigenvalue weighted by atomic mass is 9.98. The number of carbonyl (C=O) groups excluding carboxylic acids is 1. The van der Waals surface area contributed by atoms with Gasteiger partial charge in [0.2, 0.25) is 5.12 Å². The summed E-state index contributed by atoms with van der Waals surface area (Å²) in [7, 11) is 0. The number of nitriles is 1. The maximum absolute atomic E-state index is 12.0.